The Morgan fingerprint density at radius 3 is 2.65 bits per heavy atom. The monoisotopic (exact) mass is 238 g/mol. The second kappa shape index (κ2) is 5.71. The standard InChI is InChI=1S/C15H30N2/c1-5-7-13-10-15(13)17-9-8-14(16-6-2)11(3)12(17)4/h11-16H,5-10H2,1-4H3. The van der Waals surface area contributed by atoms with Gasteiger partial charge in [0.05, 0.1) is 0 Å². The highest BCUT2D eigenvalue weighted by Gasteiger charge is 2.45. The van der Waals surface area contributed by atoms with Crippen molar-refractivity contribution in [2.24, 2.45) is 11.8 Å². The van der Waals surface area contributed by atoms with Gasteiger partial charge in [-0.2, -0.15) is 0 Å². The molecule has 1 N–H and O–H groups in total. The molecule has 0 aromatic heterocycles. The number of likely N-dealkylation sites (tertiary alicyclic amines) is 1. The van der Waals surface area contributed by atoms with Crippen LogP contribution in [0.4, 0.5) is 0 Å². The normalized spacial score (nSPS) is 42.7. The number of piperidine rings is 1. The van der Waals surface area contributed by atoms with Gasteiger partial charge in [0.25, 0.3) is 0 Å². The summed E-state index contributed by atoms with van der Waals surface area (Å²) in [4.78, 5) is 2.80. The van der Waals surface area contributed by atoms with E-state index in [0.717, 1.165) is 36.5 Å². The van der Waals surface area contributed by atoms with Crippen LogP contribution in [0.15, 0.2) is 0 Å². The Kier molecular flexibility index (Phi) is 4.48. The van der Waals surface area contributed by atoms with Crippen molar-refractivity contribution >= 4 is 0 Å². The van der Waals surface area contributed by atoms with Gasteiger partial charge in [-0.25, -0.2) is 0 Å². The molecule has 5 unspecified atom stereocenters. The molecule has 0 spiro atoms. The summed E-state index contributed by atoms with van der Waals surface area (Å²) in [6.07, 6.45) is 5.61. The molecule has 1 heterocycles. The van der Waals surface area contributed by atoms with Gasteiger partial charge in [0.15, 0.2) is 0 Å². The van der Waals surface area contributed by atoms with Crippen molar-refractivity contribution in [3.05, 3.63) is 0 Å². The highest BCUT2D eigenvalue weighted by Crippen LogP contribution is 2.42. The summed E-state index contributed by atoms with van der Waals surface area (Å²) in [7, 11) is 0. The number of hydrogen-bond acceptors (Lipinski definition) is 2. The largest absolute Gasteiger partial charge is 0.314 e. The third-order valence-electron chi connectivity index (χ3n) is 5.05. The van der Waals surface area contributed by atoms with Gasteiger partial charge in [0.1, 0.15) is 0 Å². The topological polar surface area (TPSA) is 15.3 Å². The Bertz CT molecular complexity index is 241. The second-order valence-electron chi connectivity index (χ2n) is 6.14. The molecular weight excluding hydrogens is 208 g/mol. The Labute approximate surface area is 107 Å². The van der Waals surface area contributed by atoms with E-state index in [9.17, 15) is 0 Å². The van der Waals surface area contributed by atoms with Gasteiger partial charge in [-0.3, -0.25) is 4.90 Å². The smallest absolute Gasteiger partial charge is 0.0130 e. The van der Waals surface area contributed by atoms with Crippen LogP contribution >= 0.6 is 0 Å². The molecule has 1 aliphatic heterocycles. The first kappa shape index (κ1) is 13.4. The van der Waals surface area contributed by atoms with E-state index >= 15 is 0 Å². The first-order valence-corrected chi connectivity index (χ1v) is 7.68. The lowest BCUT2D eigenvalue weighted by Crippen LogP contribution is -2.54. The lowest BCUT2D eigenvalue weighted by molar-refractivity contribution is 0.0735. The summed E-state index contributed by atoms with van der Waals surface area (Å²) in [6.45, 7) is 11.8. The van der Waals surface area contributed by atoms with Gasteiger partial charge in [-0.15, -0.1) is 0 Å². The minimum atomic E-state index is 0.745. The van der Waals surface area contributed by atoms with E-state index in [1.54, 1.807) is 0 Å². The lowest BCUT2D eigenvalue weighted by Gasteiger charge is -2.43. The van der Waals surface area contributed by atoms with E-state index in [1.807, 2.05) is 0 Å². The molecule has 0 aromatic carbocycles. The fraction of sp³-hybridized carbons (Fsp3) is 1.00. The van der Waals surface area contributed by atoms with E-state index in [1.165, 1.54) is 32.2 Å². The van der Waals surface area contributed by atoms with Gasteiger partial charge in [-0.05, 0) is 44.6 Å². The summed E-state index contributed by atoms with van der Waals surface area (Å²) >= 11 is 0. The highest BCUT2D eigenvalue weighted by molar-refractivity contribution is 5.00. The Hall–Kier alpha value is -0.0800. The van der Waals surface area contributed by atoms with Gasteiger partial charge >= 0.3 is 0 Å². The fourth-order valence-electron chi connectivity index (χ4n) is 3.73. The van der Waals surface area contributed by atoms with Crippen LogP contribution in [-0.2, 0) is 0 Å². The summed E-state index contributed by atoms with van der Waals surface area (Å²) in [6, 6.07) is 2.43. The maximum atomic E-state index is 3.65. The molecule has 0 bridgehead atoms. The van der Waals surface area contributed by atoms with Crippen molar-refractivity contribution in [3.8, 4) is 0 Å². The van der Waals surface area contributed by atoms with Gasteiger partial charge in [0, 0.05) is 24.7 Å². The predicted octanol–water partition coefficient (Wildman–Crippen LogP) is 2.88. The summed E-state index contributed by atoms with van der Waals surface area (Å²) in [5.41, 5.74) is 0. The Morgan fingerprint density at radius 1 is 1.24 bits per heavy atom. The molecule has 0 amide bonds. The zero-order chi connectivity index (χ0) is 12.4. The maximum absolute atomic E-state index is 3.65. The minimum Gasteiger partial charge on any atom is -0.314 e. The summed E-state index contributed by atoms with van der Waals surface area (Å²) in [5.74, 6) is 1.82. The Morgan fingerprint density at radius 2 is 2.00 bits per heavy atom. The molecule has 1 aliphatic carbocycles. The molecule has 2 rings (SSSR count). The fourth-order valence-corrected chi connectivity index (χ4v) is 3.73. The number of hydrogen-bond donors (Lipinski definition) is 1. The van der Waals surface area contributed by atoms with Crippen molar-refractivity contribution in [1.29, 1.82) is 0 Å². The molecule has 5 atom stereocenters. The van der Waals surface area contributed by atoms with Crippen LogP contribution in [0.5, 0.6) is 0 Å². The summed E-state index contributed by atoms with van der Waals surface area (Å²) in [5, 5.41) is 3.65. The Balaban J connectivity index is 1.86. The van der Waals surface area contributed by atoms with Crippen LogP contribution in [-0.4, -0.2) is 36.1 Å². The minimum absolute atomic E-state index is 0.745. The third kappa shape index (κ3) is 2.85. The van der Waals surface area contributed by atoms with Crippen LogP contribution in [0.25, 0.3) is 0 Å². The van der Waals surface area contributed by atoms with E-state index in [4.69, 9.17) is 0 Å². The van der Waals surface area contributed by atoms with Crippen LogP contribution in [0.3, 0.4) is 0 Å². The zero-order valence-electron chi connectivity index (χ0n) is 12.1. The van der Waals surface area contributed by atoms with E-state index in [2.05, 4.69) is 37.9 Å². The summed E-state index contributed by atoms with van der Waals surface area (Å²) < 4.78 is 0. The number of nitrogens with zero attached hydrogens (tertiary/aromatic N) is 1. The maximum Gasteiger partial charge on any atom is 0.0130 e. The molecule has 2 heteroatoms. The molecule has 2 aliphatic rings. The van der Waals surface area contributed by atoms with E-state index < -0.39 is 0 Å². The van der Waals surface area contributed by atoms with Gasteiger partial charge < -0.3 is 5.32 Å². The van der Waals surface area contributed by atoms with Crippen LogP contribution in [0, 0.1) is 11.8 Å². The van der Waals surface area contributed by atoms with Crippen LogP contribution < -0.4 is 5.32 Å². The van der Waals surface area contributed by atoms with Crippen molar-refractivity contribution in [2.45, 2.75) is 71.5 Å². The van der Waals surface area contributed by atoms with Crippen molar-refractivity contribution in [2.75, 3.05) is 13.1 Å². The molecular formula is C15H30N2. The molecule has 2 fully saturated rings. The molecule has 0 radical (unpaired) electrons. The quantitative estimate of drug-likeness (QED) is 0.792. The number of nitrogens with one attached hydrogen (secondary N) is 1. The first-order chi connectivity index (χ1) is 8.19. The molecule has 17 heavy (non-hydrogen) atoms. The van der Waals surface area contributed by atoms with Crippen molar-refractivity contribution in [1.82, 2.24) is 10.2 Å². The van der Waals surface area contributed by atoms with E-state index in [0.29, 0.717) is 0 Å². The van der Waals surface area contributed by atoms with Gasteiger partial charge in [-0.1, -0.05) is 27.2 Å². The lowest BCUT2D eigenvalue weighted by atomic mass is 9.86. The van der Waals surface area contributed by atoms with Crippen molar-refractivity contribution < 1.29 is 0 Å². The number of rotatable bonds is 5. The predicted molar refractivity (Wildman–Crippen MR) is 74.2 cm³/mol. The van der Waals surface area contributed by atoms with Crippen molar-refractivity contribution in [3.63, 3.8) is 0 Å². The molecule has 2 nitrogen and oxygen atoms in total. The van der Waals surface area contributed by atoms with Crippen LogP contribution in [0.2, 0.25) is 0 Å². The molecule has 1 saturated heterocycles. The third-order valence-corrected chi connectivity index (χ3v) is 5.05. The van der Waals surface area contributed by atoms with Gasteiger partial charge in [0.2, 0.25) is 0 Å². The van der Waals surface area contributed by atoms with Crippen LogP contribution in [0.1, 0.15) is 53.4 Å². The first-order valence-electron chi connectivity index (χ1n) is 7.68. The van der Waals surface area contributed by atoms with E-state index in [-0.39, 0.29) is 0 Å². The highest BCUT2D eigenvalue weighted by atomic mass is 15.2. The molecule has 100 valence electrons. The molecule has 1 saturated carbocycles. The zero-order valence-corrected chi connectivity index (χ0v) is 12.1. The molecule has 0 aromatic rings. The average molecular weight is 238 g/mol. The average Bonchev–Trinajstić information content (AvgIpc) is 3.05. The SMILES string of the molecule is CCCC1CC1N1CCC(NCC)C(C)C1C. The second-order valence-corrected chi connectivity index (χ2v) is 6.14.